The molecule has 6 nitrogen and oxygen atoms in total. The summed E-state index contributed by atoms with van der Waals surface area (Å²) in [5.74, 6) is -0.487. The molecule has 0 saturated carbocycles. The van der Waals surface area contributed by atoms with Crippen molar-refractivity contribution in [1.29, 1.82) is 0 Å². The fourth-order valence-corrected chi connectivity index (χ4v) is 3.60. The maximum absolute atomic E-state index is 12.9. The van der Waals surface area contributed by atoms with Crippen molar-refractivity contribution in [2.24, 2.45) is 0 Å². The summed E-state index contributed by atoms with van der Waals surface area (Å²) in [6, 6.07) is 1.88. The summed E-state index contributed by atoms with van der Waals surface area (Å²) in [5, 5.41) is 14.7. The van der Waals surface area contributed by atoms with Crippen molar-refractivity contribution in [3.63, 3.8) is 0 Å². The Morgan fingerprint density at radius 3 is 2.75 bits per heavy atom. The van der Waals surface area contributed by atoms with E-state index in [-0.39, 0.29) is 29.0 Å². The van der Waals surface area contributed by atoms with Crippen LogP contribution in [0.15, 0.2) is 24.5 Å². The number of nitrogens with zero attached hydrogens (tertiary/aromatic N) is 4. The summed E-state index contributed by atoms with van der Waals surface area (Å²) in [7, 11) is 0. The minimum absolute atomic E-state index is 0.147. The molecule has 1 aliphatic heterocycles. The molecule has 0 unspecified atom stereocenters. The minimum Gasteiger partial charge on any atom is -0.507 e. The molecule has 4 rings (SSSR count). The molecule has 1 saturated heterocycles. The van der Waals surface area contributed by atoms with Crippen molar-refractivity contribution in [2.45, 2.75) is 45.0 Å². The molecular formula is C19H19F3N4O2. The second kappa shape index (κ2) is 6.73. The van der Waals surface area contributed by atoms with Gasteiger partial charge < -0.3 is 9.84 Å². The number of alkyl halides is 3. The zero-order chi connectivity index (χ0) is 20.1. The van der Waals surface area contributed by atoms with Crippen molar-refractivity contribution < 1.29 is 23.0 Å². The number of hydrogen-bond acceptors (Lipinski definition) is 5. The predicted molar refractivity (Wildman–Crippen MR) is 95.8 cm³/mol. The zero-order valence-electron chi connectivity index (χ0n) is 15.4. The normalized spacial score (nSPS) is 20.6. The summed E-state index contributed by atoms with van der Waals surface area (Å²) >= 11 is 0. The Bertz CT molecular complexity index is 1010. The molecule has 2 aromatic heterocycles. The van der Waals surface area contributed by atoms with Crippen LogP contribution in [0.25, 0.3) is 22.4 Å². The highest BCUT2D eigenvalue weighted by atomic mass is 19.4. The number of aromatic nitrogens is 4. The molecule has 1 fully saturated rings. The van der Waals surface area contributed by atoms with E-state index in [4.69, 9.17) is 4.74 Å². The van der Waals surface area contributed by atoms with Gasteiger partial charge in [0.1, 0.15) is 11.3 Å². The summed E-state index contributed by atoms with van der Waals surface area (Å²) in [6.45, 7) is 4.17. The minimum atomic E-state index is -4.53. The number of rotatable bonds is 2. The molecule has 1 aromatic carbocycles. The Kier molecular flexibility index (Phi) is 4.49. The van der Waals surface area contributed by atoms with E-state index >= 15 is 0 Å². The molecular weight excluding hydrogens is 373 g/mol. The Morgan fingerprint density at radius 1 is 1.29 bits per heavy atom. The number of phenols is 1. The Labute approximate surface area is 159 Å². The number of aryl methyl sites for hydroxylation is 1. The molecule has 1 aliphatic rings. The van der Waals surface area contributed by atoms with Crippen LogP contribution in [0.4, 0.5) is 13.2 Å². The Hall–Kier alpha value is -2.68. The first-order valence-electron chi connectivity index (χ1n) is 8.97. The van der Waals surface area contributed by atoms with Crippen LogP contribution in [0.5, 0.6) is 5.75 Å². The summed E-state index contributed by atoms with van der Waals surface area (Å²) in [6.07, 6.45) is 0.541. The van der Waals surface area contributed by atoms with E-state index in [0.717, 1.165) is 18.9 Å². The van der Waals surface area contributed by atoms with Crippen molar-refractivity contribution in [3.8, 4) is 17.0 Å². The molecule has 0 bridgehead atoms. The van der Waals surface area contributed by atoms with Crippen molar-refractivity contribution in [3.05, 3.63) is 35.7 Å². The van der Waals surface area contributed by atoms with E-state index < -0.39 is 17.5 Å². The molecule has 3 aromatic rings. The van der Waals surface area contributed by atoms with E-state index in [1.165, 1.54) is 13.1 Å². The summed E-state index contributed by atoms with van der Waals surface area (Å²) in [4.78, 5) is 8.76. The molecule has 2 atom stereocenters. The summed E-state index contributed by atoms with van der Waals surface area (Å²) < 4.78 is 46.2. The standard InChI is InChI=1S/C19H19F3N4O2/c1-10-5-12(19(20,21)22)7-16(27)17(10)14-8-23-15-9-26(25-18(15)24-14)13-3-4-28-11(2)6-13/h5,7-9,11,13,27H,3-4,6H2,1-2H3/t11-,13+/m0/s1. The van der Waals surface area contributed by atoms with E-state index in [2.05, 4.69) is 15.1 Å². The first-order chi connectivity index (χ1) is 13.2. The number of aromatic hydroxyl groups is 1. The van der Waals surface area contributed by atoms with Gasteiger partial charge in [-0.2, -0.15) is 18.3 Å². The number of phenolic OH excluding ortho intramolecular Hbond substituents is 1. The highest BCUT2D eigenvalue weighted by Crippen LogP contribution is 2.38. The number of fused-ring (bicyclic) bond motifs is 1. The van der Waals surface area contributed by atoms with Crippen molar-refractivity contribution in [1.82, 2.24) is 19.7 Å². The molecule has 148 valence electrons. The maximum Gasteiger partial charge on any atom is 0.416 e. The van der Waals surface area contributed by atoms with Gasteiger partial charge in [0.05, 0.1) is 35.8 Å². The lowest BCUT2D eigenvalue weighted by molar-refractivity contribution is -0.137. The fraction of sp³-hybridized carbons (Fsp3) is 0.421. The highest BCUT2D eigenvalue weighted by Gasteiger charge is 2.32. The lowest BCUT2D eigenvalue weighted by Crippen LogP contribution is -2.25. The van der Waals surface area contributed by atoms with Gasteiger partial charge in [-0.15, -0.1) is 0 Å². The first kappa shape index (κ1) is 18.7. The molecule has 1 N–H and O–H groups in total. The third kappa shape index (κ3) is 3.42. The van der Waals surface area contributed by atoms with Gasteiger partial charge in [0.2, 0.25) is 0 Å². The van der Waals surface area contributed by atoms with Crippen LogP contribution < -0.4 is 0 Å². The lowest BCUT2D eigenvalue weighted by atomic mass is 10.0. The van der Waals surface area contributed by atoms with Crippen LogP contribution >= 0.6 is 0 Å². The van der Waals surface area contributed by atoms with Crippen LogP contribution in [-0.4, -0.2) is 37.6 Å². The number of ether oxygens (including phenoxy) is 1. The first-order valence-corrected chi connectivity index (χ1v) is 8.97. The van der Waals surface area contributed by atoms with Crippen molar-refractivity contribution in [2.75, 3.05) is 6.61 Å². The third-order valence-electron chi connectivity index (χ3n) is 4.98. The van der Waals surface area contributed by atoms with Gasteiger partial charge in [-0.25, -0.2) is 9.97 Å². The fourth-order valence-electron chi connectivity index (χ4n) is 3.60. The van der Waals surface area contributed by atoms with E-state index in [1.807, 2.05) is 17.8 Å². The molecule has 0 radical (unpaired) electrons. The lowest BCUT2D eigenvalue weighted by Gasteiger charge is -2.27. The van der Waals surface area contributed by atoms with Gasteiger partial charge in [-0.1, -0.05) is 0 Å². The number of hydrogen-bond donors (Lipinski definition) is 1. The topological polar surface area (TPSA) is 73.1 Å². The molecule has 0 spiro atoms. The van der Waals surface area contributed by atoms with E-state index in [1.54, 1.807) is 0 Å². The smallest absolute Gasteiger partial charge is 0.416 e. The predicted octanol–water partition coefficient (Wildman–Crippen LogP) is 4.27. The summed E-state index contributed by atoms with van der Waals surface area (Å²) in [5.41, 5.74) is 0.831. The number of benzene rings is 1. The molecule has 3 heterocycles. The van der Waals surface area contributed by atoms with E-state index in [9.17, 15) is 18.3 Å². The Morgan fingerprint density at radius 2 is 2.07 bits per heavy atom. The Balaban J connectivity index is 1.72. The van der Waals surface area contributed by atoms with Gasteiger partial charge in [0, 0.05) is 12.2 Å². The molecule has 9 heteroatoms. The maximum atomic E-state index is 12.9. The van der Waals surface area contributed by atoms with Crippen LogP contribution in [0.1, 0.15) is 36.9 Å². The monoisotopic (exact) mass is 392 g/mol. The van der Waals surface area contributed by atoms with E-state index in [0.29, 0.717) is 23.8 Å². The second-order valence-corrected chi connectivity index (χ2v) is 7.12. The van der Waals surface area contributed by atoms with Gasteiger partial charge in [0.15, 0.2) is 5.65 Å². The SMILES string of the molecule is Cc1cc(C(F)(F)F)cc(O)c1-c1cnc2cn([C@@H]3CCO[C@@H](C)C3)nc2n1. The van der Waals surface area contributed by atoms with Gasteiger partial charge in [0.25, 0.3) is 0 Å². The largest absolute Gasteiger partial charge is 0.507 e. The molecule has 28 heavy (non-hydrogen) atoms. The highest BCUT2D eigenvalue weighted by molar-refractivity contribution is 5.77. The van der Waals surface area contributed by atoms with Crippen LogP contribution in [0.2, 0.25) is 0 Å². The van der Waals surface area contributed by atoms with Crippen LogP contribution in [0.3, 0.4) is 0 Å². The molecule has 0 aliphatic carbocycles. The van der Waals surface area contributed by atoms with Crippen LogP contribution in [0, 0.1) is 6.92 Å². The van der Waals surface area contributed by atoms with Crippen LogP contribution in [-0.2, 0) is 10.9 Å². The molecule has 0 amide bonds. The average Bonchev–Trinajstić information content (AvgIpc) is 3.04. The second-order valence-electron chi connectivity index (χ2n) is 7.12. The third-order valence-corrected chi connectivity index (χ3v) is 4.98. The van der Waals surface area contributed by atoms with Gasteiger partial charge in [-0.05, 0) is 44.4 Å². The number of halogens is 3. The van der Waals surface area contributed by atoms with Gasteiger partial charge >= 0.3 is 6.18 Å². The van der Waals surface area contributed by atoms with Gasteiger partial charge in [-0.3, -0.25) is 4.68 Å². The average molecular weight is 392 g/mol. The zero-order valence-corrected chi connectivity index (χ0v) is 15.4. The van der Waals surface area contributed by atoms with Crippen molar-refractivity contribution >= 4 is 11.2 Å². The quantitative estimate of drug-likeness (QED) is 0.705.